The molecule has 0 radical (unpaired) electrons. The Hall–Kier alpha value is -0.650. The van der Waals surface area contributed by atoms with Crippen molar-refractivity contribution in [3.05, 3.63) is 0 Å². The second-order valence-corrected chi connectivity index (χ2v) is 5.28. The van der Waals surface area contributed by atoms with Gasteiger partial charge in [0.1, 0.15) is 0 Å². The zero-order valence-corrected chi connectivity index (χ0v) is 11.1. The maximum Gasteiger partial charge on any atom is 0.222 e. The quantitative estimate of drug-likeness (QED) is 0.796. The minimum Gasteiger partial charge on any atom is -0.378 e. The topological polar surface area (TPSA) is 64.8 Å². The first-order chi connectivity index (χ1) is 8.66. The highest BCUT2D eigenvalue weighted by atomic mass is 16.5. The minimum atomic E-state index is -0.0289. The first-order valence-corrected chi connectivity index (χ1v) is 6.93. The minimum absolute atomic E-state index is 0.0227. The monoisotopic (exact) mass is 256 g/mol. The predicted octanol–water partition coefficient (Wildman–Crippen LogP) is 0.520. The number of nitrogens with zero attached hydrogens (tertiary/aromatic N) is 1. The lowest BCUT2D eigenvalue weighted by atomic mass is 10.1. The lowest BCUT2D eigenvalue weighted by Gasteiger charge is -2.35. The molecule has 0 spiro atoms. The highest BCUT2D eigenvalue weighted by molar-refractivity contribution is 5.76. The number of carbonyl (C=O) groups excluding carboxylic acids is 1. The van der Waals surface area contributed by atoms with Crippen molar-refractivity contribution in [2.45, 2.75) is 50.9 Å². The van der Waals surface area contributed by atoms with Crippen LogP contribution in [0.3, 0.4) is 0 Å². The van der Waals surface area contributed by atoms with E-state index >= 15 is 0 Å². The molecule has 18 heavy (non-hydrogen) atoms. The van der Waals surface area contributed by atoms with Gasteiger partial charge in [-0.1, -0.05) is 0 Å². The zero-order valence-electron chi connectivity index (χ0n) is 11.1. The summed E-state index contributed by atoms with van der Waals surface area (Å²) in [6, 6.07) is -0.0289. The number of nitrogens with two attached hydrogens (primary N) is 1. The summed E-state index contributed by atoms with van der Waals surface area (Å²) in [6.07, 6.45) is 3.92. The van der Waals surface area contributed by atoms with Crippen LogP contribution in [-0.2, 0) is 14.3 Å². The maximum atomic E-state index is 12.1. The summed E-state index contributed by atoms with van der Waals surface area (Å²) in [5, 5.41) is 0. The van der Waals surface area contributed by atoms with Crippen LogP contribution in [0.5, 0.6) is 0 Å². The van der Waals surface area contributed by atoms with Crippen molar-refractivity contribution in [2.24, 2.45) is 5.73 Å². The molecule has 2 aliphatic heterocycles. The summed E-state index contributed by atoms with van der Waals surface area (Å²) in [5.41, 5.74) is 5.82. The Morgan fingerprint density at radius 3 is 2.94 bits per heavy atom. The molecule has 2 fully saturated rings. The van der Waals surface area contributed by atoms with Crippen LogP contribution in [0.15, 0.2) is 0 Å². The normalized spacial score (nSPS) is 30.4. The molecule has 0 aliphatic carbocycles. The lowest BCUT2D eigenvalue weighted by molar-refractivity contribution is -0.140. The molecule has 2 heterocycles. The number of amides is 1. The predicted molar refractivity (Wildman–Crippen MR) is 68.2 cm³/mol. The van der Waals surface area contributed by atoms with Crippen molar-refractivity contribution in [3.8, 4) is 0 Å². The Bertz CT molecular complexity index is 277. The molecule has 5 nitrogen and oxygen atoms in total. The number of morpholine rings is 1. The van der Waals surface area contributed by atoms with Gasteiger partial charge in [-0.3, -0.25) is 4.79 Å². The summed E-state index contributed by atoms with van der Waals surface area (Å²) >= 11 is 0. The number of ether oxygens (including phenoxy) is 2. The van der Waals surface area contributed by atoms with Crippen LogP contribution in [0, 0.1) is 0 Å². The summed E-state index contributed by atoms with van der Waals surface area (Å²) in [6.45, 7) is 4.68. The number of carbonyl (C=O) groups is 1. The van der Waals surface area contributed by atoms with E-state index in [1.54, 1.807) is 0 Å². The summed E-state index contributed by atoms with van der Waals surface area (Å²) < 4.78 is 11.1. The molecule has 3 atom stereocenters. The van der Waals surface area contributed by atoms with E-state index in [4.69, 9.17) is 15.2 Å². The third-order valence-corrected chi connectivity index (χ3v) is 3.74. The van der Waals surface area contributed by atoms with Gasteiger partial charge >= 0.3 is 0 Å². The molecule has 0 saturated carbocycles. The van der Waals surface area contributed by atoms with Crippen molar-refractivity contribution >= 4 is 5.91 Å². The van der Waals surface area contributed by atoms with Gasteiger partial charge < -0.3 is 20.1 Å². The Morgan fingerprint density at radius 1 is 1.44 bits per heavy atom. The van der Waals surface area contributed by atoms with Crippen LogP contribution < -0.4 is 5.73 Å². The second-order valence-electron chi connectivity index (χ2n) is 5.28. The molecule has 0 aromatic heterocycles. The zero-order chi connectivity index (χ0) is 13.0. The van der Waals surface area contributed by atoms with Crippen molar-refractivity contribution < 1.29 is 14.3 Å². The summed E-state index contributed by atoms with van der Waals surface area (Å²) in [5.74, 6) is 0.208. The second kappa shape index (κ2) is 6.50. The molecule has 5 heteroatoms. The van der Waals surface area contributed by atoms with Crippen molar-refractivity contribution in [1.82, 2.24) is 4.90 Å². The van der Waals surface area contributed by atoms with Crippen molar-refractivity contribution in [3.63, 3.8) is 0 Å². The third kappa shape index (κ3) is 3.67. The van der Waals surface area contributed by atoms with Crippen molar-refractivity contribution in [2.75, 3.05) is 26.3 Å². The molecule has 0 bridgehead atoms. The summed E-state index contributed by atoms with van der Waals surface area (Å²) in [7, 11) is 0. The summed E-state index contributed by atoms with van der Waals surface area (Å²) in [4.78, 5) is 14.0. The van der Waals surface area contributed by atoms with Gasteiger partial charge in [0.05, 0.1) is 18.8 Å². The largest absolute Gasteiger partial charge is 0.378 e. The number of hydrogen-bond acceptors (Lipinski definition) is 4. The van der Waals surface area contributed by atoms with Gasteiger partial charge in [-0.2, -0.15) is 0 Å². The fraction of sp³-hybridized carbons (Fsp3) is 0.923. The number of rotatable bonds is 4. The van der Waals surface area contributed by atoms with Crippen LogP contribution >= 0.6 is 0 Å². The highest BCUT2D eigenvalue weighted by Crippen LogP contribution is 2.18. The standard InChI is InChI=1S/C13H24N2O3/c1-10(14)12-9-15(6-8-18-12)13(16)5-4-11-3-2-7-17-11/h10-12H,2-9,14H2,1H3. The molecule has 104 valence electrons. The molecule has 1 amide bonds. The van der Waals surface area contributed by atoms with E-state index in [9.17, 15) is 4.79 Å². The molecule has 0 aromatic carbocycles. The van der Waals surface area contributed by atoms with E-state index in [0.29, 0.717) is 32.2 Å². The van der Waals surface area contributed by atoms with E-state index in [1.807, 2.05) is 11.8 Å². The van der Waals surface area contributed by atoms with Crippen LogP contribution in [-0.4, -0.2) is 55.4 Å². The molecule has 2 aliphatic rings. The van der Waals surface area contributed by atoms with Crippen molar-refractivity contribution in [1.29, 1.82) is 0 Å². The third-order valence-electron chi connectivity index (χ3n) is 3.74. The highest BCUT2D eigenvalue weighted by Gasteiger charge is 2.27. The number of hydrogen-bond donors (Lipinski definition) is 1. The smallest absolute Gasteiger partial charge is 0.222 e. The Kier molecular flexibility index (Phi) is 4.97. The van der Waals surface area contributed by atoms with Gasteiger partial charge in [0.25, 0.3) is 0 Å². The van der Waals surface area contributed by atoms with E-state index in [2.05, 4.69) is 0 Å². The van der Waals surface area contributed by atoms with Gasteiger partial charge in [0.15, 0.2) is 0 Å². The first kappa shape index (κ1) is 13.8. The average Bonchev–Trinajstić information content (AvgIpc) is 2.89. The molecule has 3 unspecified atom stereocenters. The van der Waals surface area contributed by atoms with Crippen LogP contribution in [0.1, 0.15) is 32.6 Å². The molecular weight excluding hydrogens is 232 g/mol. The van der Waals surface area contributed by atoms with Crippen LogP contribution in [0.4, 0.5) is 0 Å². The molecule has 2 N–H and O–H groups in total. The Balaban J connectivity index is 1.73. The fourth-order valence-corrected chi connectivity index (χ4v) is 2.53. The van der Waals surface area contributed by atoms with Crippen LogP contribution in [0.2, 0.25) is 0 Å². The molecule has 0 aromatic rings. The van der Waals surface area contributed by atoms with Gasteiger partial charge in [-0.25, -0.2) is 0 Å². The first-order valence-electron chi connectivity index (χ1n) is 6.93. The van der Waals surface area contributed by atoms with Crippen LogP contribution in [0.25, 0.3) is 0 Å². The molecular formula is C13H24N2O3. The molecule has 2 saturated heterocycles. The lowest BCUT2D eigenvalue weighted by Crippen LogP contribution is -2.51. The SMILES string of the molecule is CC(N)C1CN(C(=O)CCC2CCCO2)CCO1. The maximum absolute atomic E-state index is 12.1. The fourth-order valence-electron chi connectivity index (χ4n) is 2.53. The van der Waals surface area contributed by atoms with Gasteiger partial charge in [0, 0.05) is 32.2 Å². The Labute approximate surface area is 109 Å². The van der Waals surface area contributed by atoms with Gasteiger partial charge in [-0.05, 0) is 26.2 Å². The average molecular weight is 256 g/mol. The van der Waals surface area contributed by atoms with E-state index in [1.165, 1.54) is 0 Å². The van der Waals surface area contributed by atoms with E-state index < -0.39 is 0 Å². The Morgan fingerprint density at radius 2 is 2.28 bits per heavy atom. The van der Waals surface area contributed by atoms with Gasteiger partial charge in [-0.15, -0.1) is 0 Å². The molecule has 2 rings (SSSR count). The van der Waals surface area contributed by atoms with E-state index in [-0.39, 0.29) is 18.1 Å². The van der Waals surface area contributed by atoms with E-state index in [0.717, 1.165) is 25.9 Å². The van der Waals surface area contributed by atoms with Gasteiger partial charge in [0.2, 0.25) is 5.91 Å².